The summed E-state index contributed by atoms with van der Waals surface area (Å²) < 4.78 is 6.58. The van der Waals surface area contributed by atoms with Crippen LogP contribution in [0.2, 0.25) is 0 Å². The predicted molar refractivity (Wildman–Crippen MR) is 143 cm³/mol. The van der Waals surface area contributed by atoms with Gasteiger partial charge in [0.25, 0.3) is 0 Å². The van der Waals surface area contributed by atoms with Crippen molar-refractivity contribution in [1.82, 2.24) is 4.98 Å². The number of hydrogen-bond donors (Lipinski definition) is 0. The molecule has 0 bridgehead atoms. The summed E-state index contributed by atoms with van der Waals surface area (Å²) in [4.78, 5) is 4.73. The molecule has 2 nitrogen and oxygen atoms in total. The molecule has 34 heavy (non-hydrogen) atoms. The van der Waals surface area contributed by atoms with Gasteiger partial charge < -0.3 is 4.42 Å². The lowest BCUT2D eigenvalue weighted by Gasteiger charge is -2.11. The zero-order valence-corrected chi connectivity index (χ0v) is 20.6. The van der Waals surface area contributed by atoms with Crippen LogP contribution >= 0.6 is 0 Å². The molecule has 5 aromatic rings. The van der Waals surface area contributed by atoms with Crippen LogP contribution < -0.4 is 0 Å². The van der Waals surface area contributed by atoms with E-state index < -0.39 is 0 Å². The number of benzene rings is 3. The SMILES string of the molecule is Cc1c(-c2ccccc2)oc2c(-c3ccc(C(C)C)cc3)cc(-c3cc(C(C)C)ccn3)cc12. The Hall–Kier alpha value is -3.65. The Morgan fingerprint density at radius 1 is 0.676 bits per heavy atom. The zero-order chi connectivity index (χ0) is 23.8. The second-order valence-corrected chi connectivity index (χ2v) is 9.73. The van der Waals surface area contributed by atoms with Crippen molar-refractivity contribution in [1.29, 1.82) is 0 Å². The molecule has 0 aliphatic rings. The molecular weight excluding hydrogens is 414 g/mol. The zero-order valence-electron chi connectivity index (χ0n) is 20.6. The summed E-state index contributed by atoms with van der Waals surface area (Å²) in [6.07, 6.45) is 1.92. The monoisotopic (exact) mass is 445 g/mol. The normalized spacial score (nSPS) is 11.6. The molecule has 0 N–H and O–H groups in total. The van der Waals surface area contributed by atoms with Crippen LogP contribution in [0.15, 0.2) is 89.5 Å². The number of fused-ring (bicyclic) bond motifs is 1. The first-order valence-corrected chi connectivity index (χ1v) is 12.1. The minimum absolute atomic E-state index is 0.453. The summed E-state index contributed by atoms with van der Waals surface area (Å²) in [5.74, 6) is 1.88. The summed E-state index contributed by atoms with van der Waals surface area (Å²) in [5.41, 5.74) is 10.2. The number of pyridine rings is 1. The van der Waals surface area contributed by atoms with Crippen molar-refractivity contribution in [2.75, 3.05) is 0 Å². The van der Waals surface area contributed by atoms with Crippen LogP contribution in [0.25, 0.3) is 44.7 Å². The molecule has 0 saturated heterocycles. The Labute approximate surface area is 202 Å². The lowest BCUT2D eigenvalue weighted by atomic mass is 9.94. The molecule has 0 spiro atoms. The molecule has 170 valence electrons. The van der Waals surface area contributed by atoms with Gasteiger partial charge in [0.15, 0.2) is 0 Å². The summed E-state index contributed by atoms with van der Waals surface area (Å²) in [5, 5.41) is 1.14. The maximum absolute atomic E-state index is 6.58. The van der Waals surface area contributed by atoms with E-state index in [2.05, 4.69) is 107 Å². The van der Waals surface area contributed by atoms with Crippen LogP contribution in [-0.2, 0) is 0 Å². The van der Waals surface area contributed by atoms with Crippen molar-refractivity contribution >= 4 is 11.0 Å². The molecule has 0 unspecified atom stereocenters. The molecule has 0 amide bonds. The molecule has 0 aliphatic carbocycles. The molecule has 0 atom stereocenters. The molecule has 2 heterocycles. The lowest BCUT2D eigenvalue weighted by molar-refractivity contribution is 0.630. The number of hydrogen-bond acceptors (Lipinski definition) is 2. The van der Waals surface area contributed by atoms with E-state index in [-0.39, 0.29) is 0 Å². The first-order valence-electron chi connectivity index (χ1n) is 12.1. The highest BCUT2D eigenvalue weighted by atomic mass is 16.3. The smallest absolute Gasteiger partial charge is 0.142 e. The van der Waals surface area contributed by atoms with E-state index in [1.165, 1.54) is 11.1 Å². The van der Waals surface area contributed by atoms with E-state index in [0.717, 1.165) is 50.2 Å². The molecule has 0 radical (unpaired) electrons. The van der Waals surface area contributed by atoms with Crippen molar-refractivity contribution in [3.8, 4) is 33.7 Å². The lowest BCUT2D eigenvalue weighted by Crippen LogP contribution is -1.92. The third kappa shape index (κ3) is 4.05. The molecule has 0 aliphatic heterocycles. The van der Waals surface area contributed by atoms with Crippen LogP contribution in [0.1, 0.15) is 56.2 Å². The van der Waals surface area contributed by atoms with Gasteiger partial charge in [0.1, 0.15) is 11.3 Å². The second-order valence-electron chi connectivity index (χ2n) is 9.73. The topological polar surface area (TPSA) is 26.0 Å². The van der Waals surface area contributed by atoms with Gasteiger partial charge in [-0.2, -0.15) is 0 Å². The summed E-state index contributed by atoms with van der Waals surface area (Å²) in [7, 11) is 0. The fourth-order valence-electron chi connectivity index (χ4n) is 4.56. The van der Waals surface area contributed by atoms with Crippen molar-refractivity contribution in [3.05, 3.63) is 102 Å². The second kappa shape index (κ2) is 8.95. The molecule has 0 saturated carbocycles. The maximum atomic E-state index is 6.58. The number of nitrogens with zero attached hydrogens (tertiary/aromatic N) is 1. The van der Waals surface area contributed by atoms with Crippen LogP contribution in [0.3, 0.4) is 0 Å². The average Bonchev–Trinajstić information content (AvgIpc) is 3.20. The first-order chi connectivity index (χ1) is 16.4. The van der Waals surface area contributed by atoms with Gasteiger partial charge in [0.05, 0.1) is 5.69 Å². The van der Waals surface area contributed by atoms with E-state index in [0.29, 0.717) is 11.8 Å². The van der Waals surface area contributed by atoms with Gasteiger partial charge in [-0.15, -0.1) is 0 Å². The highest BCUT2D eigenvalue weighted by molar-refractivity contribution is 6.00. The minimum Gasteiger partial charge on any atom is -0.455 e. The molecule has 0 fully saturated rings. The van der Waals surface area contributed by atoms with E-state index in [1.54, 1.807) is 0 Å². The summed E-state index contributed by atoms with van der Waals surface area (Å²) >= 11 is 0. The maximum Gasteiger partial charge on any atom is 0.142 e. The van der Waals surface area contributed by atoms with Crippen LogP contribution in [0.5, 0.6) is 0 Å². The van der Waals surface area contributed by atoms with Gasteiger partial charge in [-0.1, -0.05) is 82.3 Å². The van der Waals surface area contributed by atoms with Crippen molar-refractivity contribution in [2.45, 2.75) is 46.5 Å². The van der Waals surface area contributed by atoms with E-state index in [4.69, 9.17) is 9.40 Å². The third-order valence-corrected chi connectivity index (χ3v) is 6.71. The van der Waals surface area contributed by atoms with Crippen LogP contribution in [-0.4, -0.2) is 4.98 Å². The Balaban J connectivity index is 1.76. The van der Waals surface area contributed by atoms with E-state index in [9.17, 15) is 0 Å². The highest BCUT2D eigenvalue weighted by Gasteiger charge is 2.19. The molecule has 3 aromatic carbocycles. The van der Waals surface area contributed by atoms with Gasteiger partial charge in [-0.3, -0.25) is 4.98 Å². The molecule has 2 aromatic heterocycles. The molecular formula is C32H31NO. The molecule has 2 heteroatoms. The largest absolute Gasteiger partial charge is 0.455 e. The summed E-state index contributed by atoms with van der Waals surface area (Å²) in [6.45, 7) is 11.0. The third-order valence-electron chi connectivity index (χ3n) is 6.71. The number of aromatic nitrogens is 1. The fourth-order valence-corrected chi connectivity index (χ4v) is 4.56. The Bertz CT molecular complexity index is 1440. The van der Waals surface area contributed by atoms with Crippen molar-refractivity contribution in [2.24, 2.45) is 0 Å². The number of aryl methyl sites for hydroxylation is 1. The Morgan fingerprint density at radius 3 is 2.06 bits per heavy atom. The standard InChI is InChI=1S/C32H31NO/c1-20(2)23-11-13-24(14-12-23)29-18-27(30-19-26(21(3)4)15-16-33-30)17-28-22(5)31(34-32(28)29)25-9-7-6-8-10-25/h6-21H,1-5H3. The molecule has 5 rings (SSSR count). The predicted octanol–water partition coefficient (Wildman–Crippen LogP) is 9.38. The van der Waals surface area contributed by atoms with Gasteiger partial charge in [0.2, 0.25) is 0 Å². The van der Waals surface area contributed by atoms with E-state index in [1.807, 2.05) is 12.3 Å². The quantitative estimate of drug-likeness (QED) is 0.269. The van der Waals surface area contributed by atoms with Crippen LogP contribution in [0, 0.1) is 6.92 Å². The van der Waals surface area contributed by atoms with Gasteiger partial charge in [0, 0.05) is 33.8 Å². The van der Waals surface area contributed by atoms with Gasteiger partial charge in [-0.25, -0.2) is 0 Å². The van der Waals surface area contributed by atoms with Crippen molar-refractivity contribution < 1.29 is 4.42 Å². The summed E-state index contributed by atoms with van der Waals surface area (Å²) in [6, 6.07) is 28.0. The fraction of sp³-hybridized carbons (Fsp3) is 0.219. The average molecular weight is 446 g/mol. The van der Waals surface area contributed by atoms with Crippen LogP contribution in [0.4, 0.5) is 0 Å². The number of rotatable bonds is 5. The highest BCUT2D eigenvalue weighted by Crippen LogP contribution is 2.41. The van der Waals surface area contributed by atoms with Gasteiger partial charge >= 0.3 is 0 Å². The Kier molecular flexibility index (Phi) is 5.83. The minimum atomic E-state index is 0.453. The Morgan fingerprint density at radius 2 is 1.38 bits per heavy atom. The van der Waals surface area contributed by atoms with Crippen molar-refractivity contribution in [3.63, 3.8) is 0 Å². The van der Waals surface area contributed by atoms with E-state index >= 15 is 0 Å². The van der Waals surface area contributed by atoms with Gasteiger partial charge in [-0.05, 0) is 59.7 Å². The first kappa shape index (κ1) is 22.2. The number of furan rings is 1.